The van der Waals surface area contributed by atoms with Crippen molar-refractivity contribution in [3.8, 4) is 17.2 Å². The van der Waals surface area contributed by atoms with Gasteiger partial charge in [0, 0.05) is 19.4 Å². The summed E-state index contributed by atoms with van der Waals surface area (Å²) in [5.41, 5.74) is 1.19. The molecule has 0 amide bonds. The van der Waals surface area contributed by atoms with Crippen molar-refractivity contribution in [1.29, 1.82) is 0 Å². The molecule has 0 aromatic heterocycles. The highest BCUT2D eigenvalue weighted by Crippen LogP contribution is 2.45. The molecule has 2 rings (SSSR count). The molecule has 0 atom stereocenters. The van der Waals surface area contributed by atoms with E-state index >= 15 is 0 Å². The standard InChI is InChI=1S/C16H20O5/c1-9-8-13-12(6-7-16(4,5)21-13)15(20-11(3)18)14(9)19-10(2)17/h8H,6-7H2,1-5H3. The van der Waals surface area contributed by atoms with E-state index in [0.717, 1.165) is 12.0 Å². The molecule has 0 unspecified atom stereocenters. The Labute approximate surface area is 124 Å². The molecule has 1 aromatic rings. The molecule has 0 bridgehead atoms. The number of ether oxygens (including phenoxy) is 3. The average molecular weight is 292 g/mol. The van der Waals surface area contributed by atoms with Crippen LogP contribution in [-0.4, -0.2) is 17.5 Å². The number of rotatable bonds is 2. The summed E-state index contributed by atoms with van der Waals surface area (Å²) in [7, 11) is 0. The van der Waals surface area contributed by atoms with Crippen LogP contribution < -0.4 is 14.2 Å². The largest absolute Gasteiger partial charge is 0.487 e. The van der Waals surface area contributed by atoms with Crippen molar-refractivity contribution in [2.24, 2.45) is 0 Å². The van der Waals surface area contributed by atoms with Gasteiger partial charge in [-0.15, -0.1) is 0 Å². The van der Waals surface area contributed by atoms with E-state index in [0.29, 0.717) is 29.2 Å². The molecule has 0 saturated heterocycles. The van der Waals surface area contributed by atoms with Gasteiger partial charge in [0.05, 0.1) is 0 Å². The second-order valence-electron chi connectivity index (χ2n) is 5.88. The summed E-state index contributed by atoms with van der Waals surface area (Å²) in [4.78, 5) is 22.7. The first-order valence-electron chi connectivity index (χ1n) is 6.92. The van der Waals surface area contributed by atoms with Crippen LogP contribution >= 0.6 is 0 Å². The van der Waals surface area contributed by atoms with Crippen LogP contribution in [0.2, 0.25) is 0 Å². The highest BCUT2D eigenvalue weighted by atomic mass is 16.6. The Morgan fingerprint density at radius 2 is 1.71 bits per heavy atom. The summed E-state index contributed by atoms with van der Waals surface area (Å²) in [5.74, 6) is 0.350. The van der Waals surface area contributed by atoms with Crippen molar-refractivity contribution in [3.63, 3.8) is 0 Å². The van der Waals surface area contributed by atoms with Gasteiger partial charge in [0.15, 0.2) is 11.5 Å². The minimum absolute atomic E-state index is 0.268. The van der Waals surface area contributed by atoms with Crippen LogP contribution in [0.3, 0.4) is 0 Å². The number of benzene rings is 1. The van der Waals surface area contributed by atoms with Crippen LogP contribution in [0.4, 0.5) is 0 Å². The summed E-state index contributed by atoms with van der Waals surface area (Å²) < 4.78 is 16.5. The van der Waals surface area contributed by atoms with Crippen molar-refractivity contribution in [2.75, 3.05) is 0 Å². The second-order valence-corrected chi connectivity index (χ2v) is 5.88. The van der Waals surface area contributed by atoms with Crippen LogP contribution in [0, 0.1) is 6.92 Å². The smallest absolute Gasteiger partial charge is 0.308 e. The molecule has 5 heteroatoms. The maximum absolute atomic E-state index is 11.4. The van der Waals surface area contributed by atoms with Gasteiger partial charge in [-0.05, 0) is 45.2 Å². The van der Waals surface area contributed by atoms with Gasteiger partial charge in [-0.1, -0.05) is 0 Å². The van der Waals surface area contributed by atoms with Crippen molar-refractivity contribution in [1.82, 2.24) is 0 Å². The molecular weight excluding hydrogens is 272 g/mol. The summed E-state index contributed by atoms with van der Waals surface area (Å²) in [6.07, 6.45) is 1.48. The molecule has 0 saturated carbocycles. The van der Waals surface area contributed by atoms with Crippen molar-refractivity contribution in [2.45, 2.75) is 53.1 Å². The third kappa shape index (κ3) is 3.35. The van der Waals surface area contributed by atoms with E-state index in [1.807, 2.05) is 19.9 Å². The molecule has 0 fully saturated rings. The van der Waals surface area contributed by atoms with Crippen LogP contribution in [0.15, 0.2) is 6.07 Å². The molecule has 114 valence electrons. The maximum atomic E-state index is 11.4. The fourth-order valence-corrected chi connectivity index (χ4v) is 2.40. The Morgan fingerprint density at radius 1 is 1.14 bits per heavy atom. The summed E-state index contributed by atoms with van der Waals surface area (Å²) >= 11 is 0. The topological polar surface area (TPSA) is 61.8 Å². The van der Waals surface area contributed by atoms with Gasteiger partial charge in [-0.3, -0.25) is 9.59 Å². The Kier molecular flexibility index (Phi) is 3.94. The monoisotopic (exact) mass is 292 g/mol. The van der Waals surface area contributed by atoms with Crippen molar-refractivity contribution >= 4 is 11.9 Å². The van der Waals surface area contributed by atoms with Crippen molar-refractivity contribution in [3.05, 3.63) is 17.2 Å². The van der Waals surface area contributed by atoms with Crippen molar-refractivity contribution < 1.29 is 23.8 Å². The molecule has 0 aliphatic carbocycles. The normalized spacial score (nSPS) is 15.7. The van der Waals surface area contributed by atoms with E-state index in [4.69, 9.17) is 14.2 Å². The van der Waals surface area contributed by atoms with Crippen LogP contribution in [0.1, 0.15) is 45.2 Å². The lowest BCUT2D eigenvalue weighted by molar-refractivity contribution is -0.134. The quantitative estimate of drug-likeness (QED) is 0.619. The number of hydrogen-bond acceptors (Lipinski definition) is 5. The molecule has 1 aromatic carbocycles. The lowest BCUT2D eigenvalue weighted by Crippen LogP contribution is -2.33. The second kappa shape index (κ2) is 5.39. The molecular formula is C16H20O5. The predicted octanol–water partition coefficient (Wildman–Crippen LogP) is 2.95. The minimum Gasteiger partial charge on any atom is -0.487 e. The third-order valence-electron chi connectivity index (χ3n) is 3.34. The molecule has 5 nitrogen and oxygen atoms in total. The molecule has 0 radical (unpaired) electrons. The molecule has 0 spiro atoms. The summed E-state index contributed by atoms with van der Waals surface area (Å²) in [6.45, 7) is 8.44. The van der Waals surface area contributed by atoms with E-state index in [1.54, 1.807) is 6.92 Å². The van der Waals surface area contributed by atoms with Gasteiger partial charge in [-0.2, -0.15) is 0 Å². The first kappa shape index (κ1) is 15.4. The summed E-state index contributed by atoms with van der Waals surface area (Å²) in [6, 6.07) is 1.82. The third-order valence-corrected chi connectivity index (χ3v) is 3.34. The molecule has 0 N–H and O–H groups in total. The van der Waals surface area contributed by atoms with Crippen LogP contribution in [0.5, 0.6) is 17.2 Å². The number of hydrogen-bond donors (Lipinski definition) is 0. The number of esters is 2. The molecule has 21 heavy (non-hydrogen) atoms. The van der Waals surface area contributed by atoms with Gasteiger partial charge in [0.1, 0.15) is 11.4 Å². The van der Waals surface area contributed by atoms with Gasteiger partial charge in [-0.25, -0.2) is 0 Å². The predicted molar refractivity (Wildman–Crippen MR) is 76.8 cm³/mol. The molecule has 1 aliphatic heterocycles. The zero-order chi connectivity index (χ0) is 15.8. The number of fused-ring (bicyclic) bond motifs is 1. The van der Waals surface area contributed by atoms with E-state index in [2.05, 4.69) is 0 Å². The van der Waals surface area contributed by atoms with E-state index in [-0.39, 0.29) is 5.60 Å². The van der Waals surface area contributed by atoms with E-state index in [1.165, 1.54) is 13.8 Å². The first-order valence-corrected chi connectivity index (χ1v) is 6.92. The summed E-state index contributed by atoms with van der Waals surface area (Å²) in [5, 5.41) is 0. The Balaban J connectivity index is 2.58. The molecule has 1 aliphatic rings. The van der Waals surface area contributed by atoms with Crippen LogP contribution in [0.25, 0.3) is 0 Å². The zero-order valence-electron chi connectivity index (χ0n) is 13.0. The first-order chi connectivity index (χ1) is 9.69. The molecule has 1 heterocycles. The number of carbonyl (C=O) groups excluding carboxylic acids is 2. The highest BCUT2D eigenvalue weighted by molar-refractivity contribution is 5.76. The van der Waals surface area contributed by atoms with Gasteiger partial charge in [0.25, 0.3) is 0 Å². The van der Waals surface area contributed by atoms with Gasteiger partial charge in [0.2, 0.25) is 0 Å². The van der Waals surface area contributed by atoms with Gasteiger partial charge < -0.3 is 14.2 Å². The van der Waals surface area contributed by atoms with Crippen LogP contribution in [-0.2, 0) is 16.0 Å². The number of carbonyl (C=O) groups is 2. The van der Waals surface area contributed by atoms with Gasteiger partial charge >= 0.3 is 11.9 Å². The minimum atomic E-state index is -0.457. The number of aryl methyl sites for hydroxylation is 1. The highest BCUT2D eigenvalue weighted by Gasteiger charge is 2.32. The Bertz CT molecular complexity index is 601. The fourth-order valence-electron chi connectivity index (χ4n) is 2.40. The Hall–Kier alpha value is -2.04. The van der Waals surface area contributed by atoms with E-state index in [9.17, 15) is 9.59 Å². The zero-order valence-corrected chi connectivity index (χ0v) is 13.0. The lowest BCUT2D eigenvalue weighted by atomic mass is 9.92. The fraction of sp³-hybridized carbons (Fsp3) is 0.500. The van der Waals surface area contributed by atoms with E-state index < -0.39 is 11.9 Å². The maximum Gasteiger partial charge on any atom is 0.308 e. The Morgan fingerprint density at radius 3 is 2.29 bits per heavy atom. The lowest BCUT2D eigenvalue weighted by Gasteiger charge is -2.34. The average Bonchev–Trinajstić information content (AvgIpc) is 2.31. The SMILES string of the molecule is CC(=O)Oc1c(C)cc2c(c1OC(C)=O)CCC(C)(C)O2.